The van der Waals surface area contributed by atoms with Crippen LogP contribution in [0.3, 0.4) is 0 Å². The van der Waals surface area contributed by atoms with Crippen LogP contribution < -0.4 is 4.72 Å². The third-order valence-corrected chi connectivity index (χ3v) is 5.80. The van der Waals surface area contributed by atoms with E-state index in [-0.39, 0.29) is 21.6 Å². The first kappa shape index (κ1) is 19.5. The summed E-state index contributed by atoms with van der Waals surface area (Å²) in [5.74, 6) is -1.21. The van der Waals surface area contributed by atoms with Gasteiger partial charge in [0.15, 0.2) is 0 Å². The average Bonchev–Trinajstić information content (AvgIpc) is 2.47. The molecule has 0 unspecified atom stereocenters. The molecule has 0 radical (unpaired) electrons. The highest BCUT2D eigenvalue weighted by Gasteiger charge is 2.23. The lowest BCUT2D eigenvalue weighted by atomic mass is 9.87. The first-order chi connectivity index (χ1) is 11.4. The summed E-state index contributed by atoms with van der Waals surface area (Å²) in [4.78, 5) is 11.5. The van der Waals surface area contributed by atoms with Crippen molar-refractivity contribution in [2.75, 3.05) is 4.72 Å². The number of hydrogen-bond donors (Lipinski definition) is 2. The molecule has 0 amide bonds. The normalized spacial score (nSPS) is 12.0. The summed E-state index contributed by atoms with van der Waals surface area (Å²) in [6, 6.07) is 9.66. The lowest BCUT2D eigenvalue weighted by Crippen LogP contribution is -2.18. The third kappa shape index (κ3) is 4.41. The Morgan fingerprint density at radius 1 is 1.12 bits per heavy atom. The predicted molar refractivity (Wildman–Crippen MR) is 102 cm³/mol. The van der Waals surface area contributed by atoms with E-state index < -0.39 is 16.0 Å². The monoisotopic (exact) mass is 425 g/mol. The van der Waals surface area contributed by atoms with Crippen LogP contribution in [0.15, 0.2) is 45.8 Å². The molecule has 7 heteroatoms. The molecule has 0 saturated heterocycles. The van der Waals surface area contributed by atoms with E-state index >= 15 is 0 Å². The lowest BCUT2D eigenvalue weighted by Gasteiger charge is -2.21. The highest BCUT2D eigenvalue weighted by molar-refractivity contribution is 9.10. The van der Waals surface area contributed by atoms with E-state index in [1.807, 2.05) is 26.8 Å². The molecule has 0 heterocycles. The fourth-order valence-electron chi connectivity index (χ4n) is 2.34. The second-order valence-corrected chi connectivity index (χ2v) is 9.40. The summed E-state index contributed by atoms with van der Waals surface area (Å²) < 4.78 is 28.6. The molecular formula is C18H20BrNO4S. The van der Waals surface area contributed by atoms with E-state index in [0.29, 0.717) is 10.0 Å². The lowest BCUT2D eigenvalue weighted by molar-refractivity contribution is 0.0698. The molecule has 0 aromatic heterocycles. The van der Waals surface area contributed by atoms with Crippen LogP contribution in [-0.2, 0) is 15.4 Å². The Labute approximate surface area is 156 Å². The van der Waals surface area contributed by atoms with Crippen LogP contribution in [0.5, 0.6) is 0 Å². The van der Waals surface area contributed by atoms with Crippen LogP contribution in [0, 0.1) is 6.92 Å². The standard InChI is InChI=1S/C18H20BrNO4S/c1-11-5-6-12(18(2,3)4)9-16(11)25(23,24)20-15-8-7-13(19)10-14(15)17(21)22/h5-10,20H,1-4H3,(H,21,22). The maximum Gasteiger partial charge on any atom is 0.337 e. The summed E-state index contributed by atoms with van der Waals surface area (Å²) in [6.45, 7) is 7.71. The Bertz CT molecular complexity index is 931. The number of rotatable bonds is 4. The fraction of sp³-hybridized carbons (Fsp3) is 0.278. The molecule has 0 aliphatic heterocycles. The molecule has 2 aromatic rings. The van der Waals surface area contributed by atoms with Crippen LogP contribution >= 0.6 is 15.9 Å². The maximum atomic E-state index is 12.8. The van der Waals surface area contributed by atoms with Gasteiger partial charge in [-0.1, -0.05) is 48.8 Å². The molecule has 2 aromatic carbocycles. The van der Waals surface area contributed by atoms with Gasteiger partial charge in [0.2, 0.25) is 0 Å². The van der Waals surface area contributed by atoms with Gasteiger partial charge in [-0.2, -0.15) is 0 Å². The van der Waals surface area contributed by atoms with Crippen molar-refractivity contribution in [2.45, 2.75) is 38.0 Å². The van der Waals surface area contributed by atoms with E-state index in [0.717, 1.165) is 5.56 Å². The topological polar surface area (TPSA) is 83.5 Å². The molecule has 2 rings (SSSR count). The number of nitrogens with one attached hydrogen (secondary N) is 1. The smallest absolute Gasteiger partial charge is 0.337 e. The Hall–Kier alpha value is -1.86. The highest BCUT2D eigenvalue weighted by atomic mass is 79.9. The number of anilines is 1. The number of halogens is 1. The molecule has 2 N–H and O–H groups in total. The molecule has 0 fully saturated rings. The van der Waals surface area contributed by atoms with Crippen molar-refractivity contribution in [3.8, 4) is 0 Å². The summed E-state index contributed by atoms with van der Waals surface area (Å²) in [7, 11) is -3.92. The Kier molecular flexibility index (Phi) is 5.30. The molecule has 134 valence electrons. The number of aromatic carboxylic acids is 1. The van der Waals surface area contributed by atoms with E-state index in [4.69, 9.17) is 0 Å². The minimum atomic E-state index is -3.92. The van der Waals surface area contributed by atoms with Gasteiger partial charge in [-0.25, -0.2) is 13.2 Å². The summed E-state index contributed by atoms with van der Waals surface area (Å²) in [5.41, 5.74) is 1.17. The van der Waals surface area contributed by atoms with Gasteiger partial charge in [0.25, 0.3) is 10.0 Å². The van der Waals surface area contributed by atoms with Crippen LogP contribution in [-0.4, -0.2) is 19.5 Å². The van der Waals surface area contributed by atoms with Crippen molar-refractivity contribution in [2.24, 2.45) is 0 Å². The van der Waals surface area contributed by atoms with E-state index in [1.165, 1.54) is 12.1 Å². The molecule has 0 atom stereocenters. The molecule has 0 aliphatic carbocycles. The zero-order chi connectivity index (χ0) is 19.0. The number of benzene rings is 2. The van der Waals surface area contributed by atoms with Crippen LogP contribution in [0.1, 0.15) is 42.3 Å². The van der Waals surface area contributed by atoms with E-state index in [2.05, 4.69) is 20.7 Å². The van der Waals surface area contributed by atoms with Crippen molar-refractivity contribution in [3.05, 3.63) is 57.6 Å². The van der Waals surface area contributed by atoms with Crippen LogP contribution in [0.25, 0.3) is 0 Å². The SMILES string of the molecule is Cc1ccc(C(C)(C)C)cc1S(=O)(=O)Nc1ccc(Br)cc1C(=O)O. The summed E-state index contributed by atoms with van der Waals surface area (Å²) in [5, 5.41) is 9.31. The number of aryl methyl sites for hydroxylation is 1. The maximum absolute atomic E-state index is 12.8. The van der Waals surface area contributed by atoms with Crippen molar-refractivity contribution in [1.82, 2.24) is 0 Å². The van der Waals surface area contributed by atoms with Crippen molar-refractivity contribution in [3.63, 3.8) is 0 Å². The zero-order valence-electron chi connectivity index (χ0n) is 14.4. The van der Waals surface area contributed by atoms with Gasteiger partial charge in [0, 0.05) is 4.47 Å². The third-order valence-electron chi connectivity index (χ3n) is 3.80. The van der Waals surface area contributed by atoms with Gasteiger partial charge in [-0.3, -0.25) is 4.72 Å². The summed E-state index contributed by atoms with van der Waals surface area (Å²) in [6.07, 6.45) is 0. The molecule has 5 nitrogen and oxygen atoms in total. The molecule has 0 spiro atoms. The van der Waals surface area contributed by atoms with Gasteiger partial charge in [-0.05, 0) is 47.7 Å². The Morgan fingerprint density at radius 3 is 2.32 bits per heavy atom. The number of hydrogen-bond acceptors (Lipinski definition) is 3. The van der Waals surface area contributed by atoms with Gasteiger partial charge in [0.05, 0.1) is 16.1 Å². The van der Waals surface area contributed by atoms with Gasteiger partial charge < -0.3 is 5.11 Å². The van der Waals surface area contributed by atoms with Crippen molar-refractivity contribution >= 4 is 37.6 Å². The molecule has 25 heavy (non-hydrogen) atoms. The van der Waals surface area contributed by atoms with Crippen molar-refractivity contribution in [1.29, 1.82) is 0 Å². The predicted octanol–water partition coefficient (Wildman–Crippen LogP) is 4.55. The molecule has 0 saturated carbocycles. The van der Waals surface area contributed by atoms with Crippen LogP contribution in [0.2, 0.25) is 0 Å². The van der Waals surface area contributed by atoms with E-state index in [9.17, 15) is 18.3 Å². The second-order valence-electron chi connectivity index (χ2n) is 6.83. The largest absolute Gasteiger partial charge is 0.478 e. The minimum Gasteiger partial charge on any atom is -0.478 e. The second kappa shape index (κ2) is 6.80. The van der Waals surface area contributed by atoms with E-state index in [1.54, 1.807) is 25.1 Å². The quantitative estimate of drug-likeness (QED) is 0.751. The number of sulfonamides is 1. The van der Waals surface area contributed by atoms with Gasteiger partial charge >= 0.3 is 5.97 Å². The fourth-order valence-corrected chi connectivity index (χ4v) is 4.05. The Balaban J connectivity index is 2.53. The Morgan fingerprint density at radius 2 is 1.76 bits per heavy atom. The van der Waals surface area contributed by atoms with Crippen molar-refractivity contribution < 1.29 is 18.3 Å². The van der Waals surface area contributed by atoms with Gasteiger partial charge in [0.1, 0.15) is 0 Å². The number of carboxylic acids is 1. The van der Waals surface area contributed by atoms with Crippen LogP contribution in [0.4, 0.5) is 5.69 Å². The average molecular weight is 426 g/mol. The molecule has 0 bridgehead atoms. The molecular weight excluding hydrogens is 406 g/mol. The number of carbonyl (C=O) groups is 1. The molecule has 0 aliphatic rings. The first-order valence-electron chi connectivity index (χ1n) is 7.58. The van der Waals surface area contributed by atoms with Gasteiger partial charge in [-0.15, -0.1) is 0 Å². The first-order valence-corrected chi connectivity index (χ1v) is 9.86. The minimum absolute atomic E-state index is 0.0243. The zero-order valence-corrected chi connectivity index (χ0v) is 16.8. The highest BCUT2D eigenvalue weighted by Crippen LogP contribution is 2.29. The number of carboxylic acid groups (broad SMARTS) is 1. The summed E-state index contributed by atoms with van der Waals surface area (Å²) >= 11 is 3.19.